The number of likely N-dealkylation sites (tertiary alicyclic amines) is 1. The molecule has 1 fully saturated rings. The van der Waals surface area contributed by atoms with Gasteiger partial charge in [-0.2, -0.15) is 0 Å². The quantitative estimate of drug-likeness (QED) is 0.708. The summed E-state index contributed by atoms with van der Waals surface area (Å²) in [6.45, 7) is 3.69. The van der Waals surface area contributed by atoms with Crippen molar-refractivity contribution in [1.82, 2.24) is 15.2 Å². The summed E-state index contributed by atoms with van der Waals surface area (Å²) in [6.07, 6.45) is 2.26. The number of rotatable bonds is 8. The maximum atomic E-state index is 11.9. The zero-order chi connectivity index (χ0) is 17.5. The van der Waals surface area contributed by atoms with Gasteiger partial charge in [-0.1, -0.05) is 12.1 Å². The van der Waals surface area contributed by atoms with Gasteiger partial charge in [0, 0.05) is 37.1 Å². The van der Waals surface area contributed by atoms with Crippen LogP contribution in [0.4, 0.5) is 5.13 Å². The third-order valence-corrected chi connectivity index (χ3v) is 4.98. The molecule has 1 aliphatic heterocycles. The fraction of sp³-hybridized carbons (Fsp3) is 0.444. The Morgan fingerprint density at radius 1 is 1.32 bits per heavy atom. The fourth-order valence-corrected chi connectivity index (χ4v) is 3.55. The van der Waals surface area contributed by atoms with Gasteiger partial charge in [0.15, 0.2) is 5.13 Å². The van der Waals surface area contributed by atoms with Crippen molar-refractivity contribution >= 4 is 22.4 Å². The van der Waals surface area contributed by atoms with Gasteiger partial charge in [0.2, 0.25) is 5.91 Å². The fourth-order valence-electron chi connectivity index (χ4n) is 2.80. The zero-order valence-corrected chi connectivity index (χ0v) is 15.3. The average molecular weight is 360 g/mol. The van der Waals surface area contributed by atoms with E-state index in [1.165, 1.54) is 0 Å². The highest BCUT2D eigenvalue weighted by atomic mass is 32.1. The van der Waals surface area contributed by atoms with Crippen LogP contribution in [0.1, 0.15) is 12.8 Å². The molecule has 25 heavy (non-hydrogen) atoms. The standard InChI is InChI=1S/C18H24N4O2S/c1-24-15-6-4-5-14(11-15)16-13-25-18(21-16)20-8-7-19-12-17(23)22-9-2-3-10-22/h4-6,11,13,19H,2-3,7-10,12H2,1H3,(H,20,21). The van der Waals surface area contributed by atoms with E-state index in [9.17, 15) is 4.79 Å². The molecule has 7 heteroatoms. The molecule has 0 bridgehead atoms. The summed E-state index contributed by atoms with van der Waals surface area (Å²) in [4.78, 5) is 18.4. The Balaban J connectivity index is 1.40. The topological polar surface area (TPSA) is 66.5 Å². The predicted octanol–water partition coefficient (Wildman–Crippen LogP) is 2.44. The molecule has 1 aromatic carbocycles. The number of nitrogens with one attached hydrogen (secondary N) is 2. The molecule has 6 nitrogen and oxygen atoms in total. The van der Waals surface area contributed by atoms with Crippen LogP contribution in [0.3, 0.4) is 0 Å². The minimum Gasteiger partial charge on any atom is -0.497 e. The third-order valence-electron chi connectivity index (χ3n) is 4.18. The van der Waals surface area contributed by atoms with E-state index in [1.807, 2.05) is 34.5 Å². The van der Waals surface area contributed by atoms with E-state index in [0.29, 0.717) is 6.54 Å². The average Bonchev–Trinajstić information content (AvgIpc) is 3.33. The molecule has 2 aromatic rings. The number of carbonyl (C=O) groups excluding carboxylic acids is 1. The van der Waals surface area contributed by atoms with Crippen molar-refractivity contribution in [2.45, 2.75) is 12.8 Å². The maximum Gasteiger partial charge on any atom is 0.236 e. The van der Waals surface area contributed by atoms with Crippen LogP contribution in [-0.2, 0) is 4.79 Å². The Morgan fingerprint density at radius 2 is 2.16 bits per heavy atom. The first kappa shape index (κ1) is 17.7. The number of anilines is 1. The van der Waals surface area contributed by atoms with Crippen molar-refractivity contribution in [2.75, 3.05) is 45.2 Å². The van der Waals surface area contributed by atoms with Gasteiger partial charge < -0.3 is 20.3 Å². The predicted molar refractivity (Wildman–Crippen MR) is 101 cm³/mol. The van der Waals surface area contributed by atoms with E-state index in [2.05, 4.69) is 15.6 Å². The minimum absolute atomic E-state index is 0.201. The molecule has 0 atom stereocenters. The van der Waals surface area contributed by atoms with Crippen LogP contribution in [-0.4, -0.2) is 55.6 Å². The maximum absolute atomic E-state index is 11.9. The molecule has 1 aromatic heterocycles. The van der Waals surface area contributed by atoms with Gasteiger partial charge in [0.05, 0.1) is 19.3 Å². The number of benzene rings is 1. The van der Waals surface area contributed by atoms with E-state index >= 15 is 0 Å². The van der Waals surface area contributed by atoms with E-state index in [0.717, 1.165) is 61.2 Å². The molecule has 0 saturated carbocycles. The zero-order valence-electron chi connectivity index (χ0n) is 14.5. The Bertz CT molecular complexity index is 698. The number of hydrogen-bond acceptors (Lipinski definition) is 6. The van der Waals surface area contributed by atoms with Crippen LogP contribution in [0.15, 0.2) is 29.6 Å². The van der Waals surface area contributed by atoms with E-state index in [-0.39, 0.29) is 5.91 Å². The summed E-state index contributed by atoms with van der Waals surface area (Å²) >= 11 is 1.58. The van der Waals surface area contributed by atoms with Gasteiger partial charge in [0.25, 0.3) is 0 Å². The highest BCUT2D eigenvalue weighted by Crippen LogP contribution is 2.27. The molecule has 2 heterocycles. The van der Waals surface area contributed by atoms with Crippen molar-refractivity contribution in [3.63, 3.8) is 0 Å². The first-order valence-corrected chi connectivity index (χ1v) is 9.46. The molecule has 1 amide bonds. The first-order valence-electron chi connectivity index (χ1n) is 8.58. The molecule has 1 saturated heterocycles. The third kappa shape index (κ3) is 4.93. The van der Waals surface area contributed by atoms with Gasteiger partial charge in [0.1, 0.15) is 5.75 Å². The van der Waals surface area contributed by atoms with E-state index in [1.54, 1.807) is 18.4 Å². The normalized spacial score (nSPS) is 13.9. The van der Waals surface area contributed by atoms with E-state index < -0.39 is 0 Å². The number of carbonyl (C=O) groups is 1. The first-order chi connectivity index (χ1) is 12.3. The van der Waals surface area contributed by atoms with Crippen LogP contribution in [0.5, 0.6) is 5.75 Å². The van der Waals surface area contributed by atoms with Gasteiger partial charge in [-0.25, -0.2) is 4.98 Å². The van der Waals surface area contributed by atoms with Crippen LogP contribution in [0.25, 0.3) is 11.3 Å². The van der Waals surface area contributed by atoms with Crippen molar-refractivity contribution in [2.24, 2.45) is 0 Å². The monoisotopic (exact) mass is 360 g/mol. The van der Waals surface area contributed by atoms with E-state index in [4.69, 9.17) is 4.74 Å². The van der Waals surface area contributed by atoms with Crippen LogP contribution >= 0.6 is 11.3 Å². The second-order valence-corrected chi connectivity index (χ2v) is 6.82. The van der Waals surface area contributed by atoms with Crippen LogP contribution < -0.4 is 15.4 Å². The summed E-state index contributed by atoms with van der Waals surface area (Å²) in [5.74, 6) is 1.03. The highest BCUT2D eigenvalue weighted by Gasteiger charge is 2.16. The second-order valence-electron chi connectivity index (χ2n) is 5.96. The van der Waals surface area contributed by atoms with Crippen molar-refractivity contribution in [1.29, 1.82) is 0 Å². The lowest BCUT2D eigenvalue weighted by Gasteiger charge is -2.15. The number of methoxy groups -OCH3 is 1. The van der Waals surface area contributed by atoms with Gasteiger partial charge in [-0.05, 0) is 25.0 Å². The van der Waals surface area contributed by atoms with Crippen molar-refractivity contribution in [3.05, 3.63) is 29.6 Å². The molecular weight excluding hydrogens is 336 g/mol. The number of thiazole rings is 1. The Morgan fingerprint density at radius 3 is 2.96 bits per heavy atom. The number of amides is 1. The number of nitrogens with zero attached hydrogens (tertiary/aromatic N) is 2. The molecule has 2 N–H and O–H groups in total. The molecule has 134 valence electrons. The van der Waals surface area contributed by atoms with Crippen LogP contribution in [0.2, 0.25) is 0 Å². The Hall–Kier alpha value is -2.12. The van der Waals surface area contributed by atoms with Gasteiger partial charge in [-0.15, -0.1) is 11.3 Å². The highest BCUT2D eigenvalue weighted by molar-refractivity contribution is 7.14. The molecular formula is C18H24N4O2S. The molecule has 0 spiro atoms. The Labute approximate surface area is 152 Å². The summed E-state index contributed by atoms with van der Waals surface area (Å²) in [6, 6.07) is 7.88. The number of hydrogen-bond donors (Lipinski definition) is 2. The lowest BCUT2D eigenvalue weighted by molar-refractivity contribution is -0.129. The lowest BCUT2D eigenvalue weighted by Crippen LogP contribution is -2.37. The SMILES string of the molecule is COc1cccc(-c2csc(NCCNCC(=O)N3CCCC3)n2)c1. The smallest absolute Gasteiger partial charge is 0.236 e. The van der Waals surface area contributed by atoms with Gasteiger partial charge >= 0.3 is 0 Å². The Kier molecular flexibility index (Phi) is 6.25. The molecule has 0 aliphatic carbocycles. The number of aromatic nitrogens is 1. The summed E-state index contributed by atoms with van der Waals surface area (Å²) in [5, 5.41) is 9.40. The second kappa shape index (κ2) is 8.82. The van der Waals surface area contributed by atoms with Crippen molar-refractivity contribution in [3.8, 4) is 17.0 Å². The molecule has 0 radical (unpaired) electrons. The van der Waals surface area contributed by atoms with Gasteiger partial charge in [-0.3, -0.25) is 4.79 Å². The molecule has 0 unspecified atom stereocenters. The largest absolute Gasteiger partial charge is 0.497 e. The summed E-state index contributed by atoms with van der Waals surface area (Å²) < 4.78 is 5.25. The van der Waals surface area contributed by atoms with Crippen molar-refractivity contribution < 1.29 is 9.53 Å². The molecule has 1 aliphatic rings. The van der Waals surface area contributed by atoms with Crippen LogP contribution in [0, 0.1) is 0 Å². The summed E-state index contributed by atoms with van der Waals surface area (Å²) in [7, 11) is 1.66. The minimum atomic E-state index is 0.201. The number of ether oxygens (including phenoxy) is 1. The molecule has 3 rings (SSSR count). The summed E-state index contributed by atoms with van der Waals surface area (Å²) in [5.41, 5.74) is 1.97. The lowest BCUT2D eigenvalue weighted by atomic mass is 10.2.